The predicted molar refractivity (Wildman–Crippen MR) is 126 cm³/mol. The third kappa shape index (κ3) is 9.50. The molecule has 6 nitrogen and oxygen atoms in total. The highest BCUT2D eigenvalue weighted by molar-refractivity contribution is 6.09. The van der Waals surface area contributed by atoms with Gasteiger partial charge in [0.1, 0.15) is 17.1 Å². The Morgan fingerprint density at radius 2 is 1.91 bits per heavy atom. The zero-order valence-electron chi connectivity index (χ0n) is 19.7. The van der Waals surface area contributed by atoms with Gasteiger partial charge in [-0.05, 0) is 38.2 Å². The van der Waals surface area contributed by atoms with Gasteiger partial charge in [0, 0.05) is 12.0 Å². The van der Waals surface area contributed by atoms with Crippen LogP contribution in [0, 0.1) is 0 Å². The van der Waals surface area contributed by atoms with Crippen molar-refractivity contribution in [1.29, 1.82) is 0 Å². The van der Waals surface area contributed by atoms with Gasteiger partial charge < -0.3 is 14.3 Å². The Labute approximate surface area is 190 Å². The van der Waals surface area contributed by atoms with Crippen LogP contribution in [0.3, 0.4) is 0 Å². The lowest BCUT2D eigenvalue weighted by atomic mass is 9.99. The van der Waals surface area contributed by atoms with Crippen LogP contribution in [0.25, 0.3) is 0 Å². The van der Waals surface area contributed by atoms with Crippen LogP contribution in [0.5, 0.6) is 5.75 Å². The monoisotopic (exact) mass is 444 g/mol. The van der Waals surface area contributed by atoms with E-state index in [1.807, 2.05) is 25.2 Å². The number of esters is 1. The largest absolute Gasteiger partial charge is 0.507 e. The highest BCUT2D eigenvalue weighted by Gasteiger charge is 2.21. The first kappa shape index (κ1) is 27.1. The number of aromatic hydroxyl groups is 1. The summed E-state index contributed by atoms with van der Waals surface area (Å²) < 4.78 is 9.90. The minimum absolute atomic E-state index is 0.146. The van der Waals surface area contributed by atoms with Crippen molar-refractivity contribution in [3.8, 4) is 5.75 Å². The second-order valence-electron chi connectivity index (χ2n) is 7.88. The van der Waals surface area contributed by atoms with Gasteiger partial charge >= 0.3 is 11.6 Å². The third-order valence-corrected chi connectivity index (χ3v) is 5.17. The summed E-state index contributed by atoms with van der Waals surface area (Å²) in [5.74, 6) is -1.05. The van der Waals surface area contributed by atoms with Gasteiger partial charge in [-0.15, -0.1) is 0 Å². The van der Waals surface area contributed by atoms with E-state index >= 15 is 0 Å². The lowest BCUT2D eigenvalue weighted by molar-refractivity contribution is -0.139. The van der Waals surface area contributed by atoms with Crippen molar-refractivity contribution < 1.29 is 23.8 Å². The fourth-order valence-electron chi connectivity index (χ4n) is 3.09. The number of carbonyl (C=O) groups is 2. The molecule has 0 aliphatic carbocycles. The number of carbonyl (C=O) groups excluding carboxylic acids is 2. The average Bonchev–Trinajstić information content (AvgIpc) is 2.77. The van der Waals surface area contributed by atoms with Gasteiger partial charge in [0.2, 0.25) is 0 Å². The van der Waals surface area contributed by atoms with E-state index in [1.165, 1.54) is 32.4 Å². The highest BCUT2D eigenvalue weighted by atomic mass is 16.5. The van der Waals surface area contributed by atoms with E-state index in [0.29, 0.717) is 24.2 Å². The summed E-state index contributed by atoms with van der Waals surface area (Å²) in [5, 5.41) is 10.3. The summed E-state index contributed by atoms with van der Waals surface area (Å²) in [6, 6.07) is 1.34. The van der Waals surface area contributed by atoms with Crippen molar-refractivity contribution >= 4 is 11.8 Å². The number of ketones is 1. The van der Waals surface area contributed by atoms with Crippen LogP contribution in [-0.4, -0.2) is 24.0 Å². The number of unbranched alkanes of at least 4 members (excludes halogenated alkanes) is 4. The molecule has 0 fully saturated rings. The van der Waals surface area contributed by atoms with E-state index in [0.717, 1.165) is 12.8 Å². The van der Waals surface area contributed by atoms with Crippen molar-refractivity contribution in [2.45, 2.75) is 78.1 Å². The quantitative estimate of drug-likeness (QED) is 0.0944. The molecular formula is C26H36O6. The number of hydrogen-bond donors (Lipinski definition) is 1. The van der Waals surface area contributed by atoms with E-state index < -0.39 is 11.4 Å². The highest BCUT2D eigenvalue weighted by Crippen LogP contribution is 2.26. The summed E-state index contributed by atoms with van der Waals surface area (Å²) in [5.41, 5.74) is -0.827. The first-order valence-electron chi connectivity index (χ1n) is 11.3. The van der Waals surface area contributed by atoms with E-state index in [9.17, 15) is 19.5 Å². The van der Waals surface area contributed by atoms with Crippen molar-refractivity contribution in [3.63, 3.8) is 0 Å². The maximum atomic E-state index is 12.6. The Kier molecular flexibility index (Phi) is 12.7. The molecule has 0 saturated carbocycles. The van der Waals surface area contributed by atoms with Crippen LogP contribution in [0.15, 0.2) is 51.2 Å². The van der Waals surface area contributed by atoms with Gasteiger partial charge in [-0.2, -0.15) is 0 Å². The van der Waals surface area contributed by atoms with Gasteiger partial charge in [-0.1, -0.05) is 63.5 Å². The van der Waals surface area contributed by atoms with Gasteiger partial charge in [-0.25, -0.2) is 4.79 Å². The zero-order valence-corrected chi connectivity index (χ0v) is 19.7. The van der Waals surface area contributed by atoms with Crippen LogP contribution < -0.4 is 5.63 Å². The Morgan fingerprint density at radius 1 is 1.16 bits per heavy atom. The molecule has 6 heteroatoms. The van der Waals surface area contributed by atoms with Gasteiger partial charge in [0.15, 0.2) is 5.78 Å². The molecule has 0 aromatic carbocycles. The number of ether oxygens (including phenoxy) is 1. The Hall–Kier alpha value is -2.89. The standard InChI is InChI=1S/C26H36O6/c1-5-6-7-8-9-10-12-16-20(3)25(29)24-21(27)18-22(32-26(24)30)19(2)15-13-11-14-17-23(28)31-4/h10-12,14,16,18-19,27H,5-9,13,15,17H2,1-4H3/b12-10+,14-11+,20-16+. The first-order valence-corrected chi connectivity index (χ1v) is 11.3. The minimum Gasteiger partial charge on any atom is -0.507 e. The van der Waals surface area contributed by atoms with Crippen molar-refractivity contribution in [2.24, 2.45) is 0 Å². The Morgan fingerprint density at radius 3 is 2.56 bits per heavy atom. The molecule has 0 bridgehead atoms. The molecule has 1 heterocycles. The van der Waals surface area contributed by atoms with Gasteiger partial charge in [0.05, 0.1) is 13.5 Å². The molecule has 176 valence electrons. The summed E-state index contributed by atoms with van der Waals surface area (Å²) in [4.78, 5) is 36.1. The number of rotatable bonds is 14. The van der Waals surface area contributed by atoms with E-state index in [1.54, 1.807) is 19.1 Å². The number of Topliss-reactive ketones (excluding diaryl/α,β-unsaturated/α-hetero) is 1. The molecule has 1 aromatic heterocycles. The van der Waals surface area contributed by atoms with Crippen molar-refractivity contribution in [3.05, 3.63) is 63.8 Å². The fraction of sp³-hybridized carbons (Fsp3) is 0.500. The van der Waals surface area contributed by atoms with Crippen molar-refractivity contribution in [2.75, 3.05) is 7.11 Å². The molecule has 1 rings (SSSR count). The van der Waals surface area contributed by atoms with Crippen LogP contribution in [0.2, 0.25) is 0 Å². The smallest absolute Gasteiger partial charge is 0.351 e. The van der Waals surface area contributed by atoms with Crippen LogP contribution in [0.1, 0.15) is 94.2 Å². The molecule has 1 atom stereocenters. The zero-order chi connectivity index (χ0) is 23.9. The molecule has 0 aliphatic rings. The predicted octanol–water partition coefficient (Wildman–Crippen LogP) is 6.00. The molecule has 0 aliphatic heterocycles. The SMILES string of the molecule is CCCCCC/C=C/C=C(\C)C(=O)c1c(O)cc(C(C)CC/C=C/CC(=O)OC)oc1=O. The molecule has 1 aromatic rings. The molecule has 0 spiro atoms. The Balaban J connectivity index is 2.74. The molecule has 1 N–H and O–H groups in total. The maximum absolute atomic E-state index is 12.6. The molecule has 0 saturated heterocycles. The fourth-order valence-corrected chi connectivity index (χ4v) is 3.09. The van der Waals surface area contributed by atoms with Crippen LogP contribution in [-0.2, 0) is 9.53 Å². The lowest BCUT2D eigenvalue weighted by Crippen LogP contribution is -2.16. The molecule has 1 unspecified atom stereocenters. The average molecular weight is 445 g/mol. The number of hydrogen-bond acceptors (Lipinski definition) is 6. The molecule has 32 heavy (non-hydrogen) atoms. The summed E-state index contributed by atoms with van der Waals surface area (Å²) in [6.07, 6.45) is 16.2. The van der Waals surface area contributed by atoms with Crippen molar-refractivity contribution in [1.82, 2.24) is 0 Å². The molecular weight excluding hydrogens is 408 g/mol. The normalized spacial score (nSPS) is 13.1. The molecule has 0 amide bonds. The lowest BCUT2D eigenvalue weighted by Gasteiger charge is -2.11. The number of allylic oxidation sites excluding steroid dienone is 5. The van der Waals surface area contributed by atoms with E-state index in [2.05, 4.69) is 11.7 Å². The topological polar surface area (TPSA) is 93.8 Å². The summed E-state index contributed by atoms with van der Waals surface area (Å²) in [7, 11) is 1.34. The molecule has 0 radical (unpaired) electrons. The minimum atomic E-state index is -0.839. The second-order valence-corrected chi connectivity index (χ2v) is 7.88. The number of methoxy groups -OCH3 is 1. The van der Waals surface area contributed by atoms with E-state index in [-0.39, 0.29) is 29.6 Å². The van der Waals surface area contributed by atoms with Crippen LogP contribution >= 0.6 is 0 Å². The van der Waals surface area contributed by atoms with E-state index in [4.69, 9.17) is 4.42 Å². The van der Waals surface area contributed by atoms with Gasteiger partial charge in [-0.3, -0.25) is 9.59 Å². The van der Waals surface area contributed by atoms with Crippen LogP contribution in [0.4, 0.5) is 0 Å². The second kappa shape index (κ2) is 15.0. The Bertz CT molecular complexity index is 888. The summed E-state index contributed by atoms with van der Waals surface area (Å²) >= 11 is 0. The third-order valence-electron chi connectivity index (χ3n) is 5.17. The van der Waals surface area contributed by atoms with Gasteiger partial charge in [0.25, 0.3) is 0 Å². The summed E-state index contributed by atoms with van der Waals surface area (Å²) in [6.45, 7) is 5.64. The first-order chi connectivity index (χ1) is 15.3. The maximum Gasteiger partial charge on any atom is 0.351 e.